The third-order valence-corrected chi connectivity index (χ3v) is 6.13. The number of allylic oxidation sites excluding steroid dienone is 2. The van der Waals surface area contributed by atoms with E-state index in [1.165, 1.54) is 17.3 Å². The summed E-state index contributed by atoms with van der Waals surface area (Å²) in [6.07, 6.45) is 3.53. The molecule has 0 N–H and O–H groups in total. The van der Waals surface area contributed by atoms with Gasteiger partial charge in [0, 0.05) is 40.7 Å². The van der Waals surface area contributed by atoms with Crippen molar-refractivity contribution >= 4 is 34.0 Å². The zero-order chi connectivity index (χ0) is 19.0. The summed E-state index contributed by atoms with van der Waals surface area (Å²) >= 11 is 1.44. The summed E-state index contributed by atoms with van der Waals surface area (Å²) in [5.41, 5.74) is 3.25. The molecule has 1 aliphatic rings. The van der Waals surface area contributed by atoms with Crippen LogP contribution in [0.3, 0.4) is 0 Å². The van der Waals surface area contributed by atoms with Crippen molar-refractivity contribution in [3.8, 4) is 0 Å². The molecule has 2 aromatic carbocycles. The number of nitrogens with zero attached hydrogens (tertiary/aromatic N) is 3. The molecule has 4 rings (SSSR count). The van der Waals surface area contributed by atoms with Gasteiger partial charge in [-0.1, -0.05) is 68.1 Å². The molecular formula is C22H21N3OS. The number of para-hydroxylation sites is 1. The molecule has 0 aliphatic carbocycles. The molecule has 0 amide bonds. The summed E-state index contributed by atoms with van der Waals surface area (Å²) in [6, 6.07) is 16.3. The Hall–Kier alpha value is -2.66. The number of thioether (sulfide) groups is 1. The molecule has 0 saturated carbocycles. The van der Waals surface area contributed by atoms with E-state index in [1.807, 2.05) is 43.4 Å². The number of anilines is 1. The quantitative estimate of drug-likeness (QED) is 0.492. The van der Waals surface area contributed by atoms with E-state index < -0.39 is 0 Å². The van der Waals surface area contributed by atoms with E-state index >= 15 is 0 Å². The van der Waals surface area contributed by atoms with Crippen LogP contribution in [0.1, 0.15) is 19.4 Å². The Bertz CT molecular complexity index is 1050. The van der Waals surface area contributed by atoms with Gasteiger partial charge < -0.3 is 4.90 Å². The van der Waals surface area contributed by atoms with Gasteiger partial charge in [0.25, 0.3) is 0 Å². The second-order valence-electron chi connectivity index (χ2n) is 7.22. The van der Waals surface area contributed by atoms with Gasteiger partial charge in [0.05, 0.1) is 11.9 Å². The third-order valence-electron chi connectivity index (χ3n) is 5.13. The molecular weight excluding hydrogens is 354 g/mol. The number of likely N-dealkylation sites (N-methyl/N-ethyl adjacent to an activating group) is 1. The summed E-state index contributed by atoms with van der Waals surface area (Å²) in [5, 5.41) is 11.1. The van der Waals surface area contributed by atoms with E-state index in [2.05, 4.69) is 41.1 Å². The van der Waals surface area contributed by atoms with Gasteiger partial charge in [-0.3, -0.25) is 4.79 Å². The monoisotopic (exact) mass is 375 g/mol. The zero-order valence-electron chi connectivity index (χ0n) is 15.6. The molecule has 27 heavy (non-hydrogen) atoms. The Balaban J connectivity index is 1.56. The average Bonchev–Trinajstić information content (AvgIpc) is 2.87. The summed E-state index contributed by atoms with van der Waals surface area (Å²) in [6.45, 7) is 4.33. The number of aromatic nitrogens is 2. The van der Waals surface area contributed by atoms with E-state index in [0.717, 1.165) is 27.2 Å². The van der Waals surface area contributed by atoms with Gasteiger partial charge in [-0.25, -0.2) is 0 Å². The van der Waals surface area contributed by atoms with Crippen LogP contribution in [-0.2, 0) is 10.2 Å². The minimum Gasteiger partial charge on any atom is -0.347 e. The van der Waals surface area contributed by atoms with Crippen LogP contribution in [0.15, 0.2) is 71.5 Å². The fraction of sp³-hybridized carbons (Fsp3) is 0.227. The Morgan fingerprint density at radius 1 is 1.15 bits per heavy atom. The number of fused-ring (bicyclic) bond motifs is 2. The molecule has 0 unspecified atom stereocenters. The summed E-state index contributed by atoms with van der Waals surface area (Å²) in [4.78, 5) is 14.8. The number of carbonyl (C=O) groups is 1. The van der Waals surface area contributed by atoms with Crippen LogP contribution in [0.5, 0.6) is 0 Å². The first-order valence-corrected chi connectivity index (χ1v) is 9.88. The second kappa shape index (κ2) is 6.82. The number of hydrogen-bond acceptors (Lipinski definition) is 5. The van der Waals surface area contributed by atoms with Crippen molar-refractivity contribution in [2.45, 2.75) is 24.3 Å². The topological polar surface area (TPSA) is 46.1 Å². The predicted octanol–water partition coefficient (Wildman–Crippen LogP) is 4.60. The lowest BCUT2D eigenvalue weighted by molar-refractivity contribution is -0.112. The molecule has 0 bridgehead atoms. The first-order chi connectivity index (χ1) is 13.0. The highest BCUT2D eigenvalue weighted by molar-refractivity contribution is 8.00. The van der Waals surface area contributed by atoms with Crippen LogP contribution in [0.25, 0.3) is 10.8 Å². The number of ketones is 1. The highest BCUT2D eigenvalue weighted by atomic mass is 32.2. The van der Waals surface area contributed by atoms with Crippen molar-refractivity contribution in [2.75, 3.05) is 17.7 Å². The maximum atomic E-state index is 12.7. The molecule has 0 atom stereocenters. The lowest BCUT2D eigenvalue weighted by Crippen LogP contribution is -2.24. The third kappa shape index (κ3) is 3.12. The second-order valence-corrected chi connectivity index (χ2v) is 8.19. The Morgan fingerprint density at radius 2 is 1.89 bits per heavy atom. The molecule has 0 fully saturated rings. The van der Waals surface area contributed by atoms with Crippen LogP contribution in [0.4, 0.5) is 5.69 Å². The smallest absolute Gasteiger partial charge is 0.167 e. The minimum atomic E-state index is -0.190. The molecule has 1 aliphatic heterocycles. The van der Waals surface area contributed by atoms with Crippen LogP contribution >= 0.6 is 11.8 Å². The Morgan fingerprint density at radius 3 is 2.70 bits per heavy atom. The standard InChI is InChI=1S/C22H21N3OS/c1-22(2)18-10-6-7-11-19(18)25(3)20(22)12-16(26)14-27-21-17-9-5-4-8-15(17)13-23-24-21/h4-13H,14H2,1-3H3. The van der Waals surface area contributed by atoms with Gasteiger partial charge in [0.2, 0.25) is 0 Å². The van der Waals surface area contributed by atoms with Crippen LogP contribution in [0.2, 0.25) is 0 Å². The minimum absolute atomic E-state index is 0.0810. The van der Waals surface area contributed by atoms with E-state index in [0.29, 0.717) is 5.75 Å². The van der Waals surface area contributed by atoms with Crippen molar-refractivity contribution in [1.29, 1.82) is 0 Å². The maximum Gasteiger partial charge on any atom is 0.167 e. The van der Waals surface area contributed by atoms with E-state index in [1.54, 1.807) is 12.3 Å². The van der Waals surface area contributed by atoms with Crippen LogP contribution < -0.4 is 4.90 Å². The largest absolute Gasteiger partial charge is 0.347 e. The lowest BCUT2D eigenvalue weighted by atomic mass is 9.83. The number of rotatable bonds is 4. The summed E-state index contributed by atoms with van der Waals surface area (Å²) < 4.78 is 0. The highest BCUT2D eigenvalue weighted by Gasteiger charge is 2.38. The van der Waals surface area contributed by atoms with Gasteiger partial charge in [-0.2, -0.15) is 5.10 Å². The molecule has 5 heteroatoms. The highest BCUT2D eigenvalue weighted by Crippen LogP contribution is 2.46. The average molecular weight is 375 g/mol. The van der Waals surface area contributed by atoms with Crippen molar-refractivity contribution in [2.24, 2.45) is 0 Å². The molecule has 136 valence electrons. The first-order valence-electron chi connectivity index (χ1n) is 8.90. The molecule has 2 heterocycles. The van der Waals surface area contributed by atoms with E-state index in [9.17, 15) is 4.79 Å². The Kier molecular flexibility index (Phi) is 4.48. The maximum absolute atomic E-state index is 12.7. The zero-order valence-corrected chi connectivity index (χ0v) is 16.5. The lowest BCUT2D eigenvalue weighted by Gasteiger charge is -2.23. The van der Waals surface area contributed by atoms with Crippen molar-refractivity contribution < 1.29 is 4.79 Å². The fourth-order valence-electron chi connectivity index (χ4n) is 3.70. The molecule has 1 aromatic heterocycles. The van der Waals surface area contributed by atoms with Gasteiger partial charge in [-0.05, 0) is 11.6 Å². The normalized spacial score (nSPS) is 16.7. The fourth-order valence-corrected chi connectivity index (χ4v) is 4.51. The van der Waals surface area contributed by atoms with Crippen LogP contribution in [0, 0.1) is 0 Å². The van der Waals surface area contributed by atoms with Crippen molar-refractivity contribution in [1.82, 2.24) is 10.2 Å². The first kappa shape index (κ1) is 17.7. The number of hydrogen-bond donors (Lipinski definition) is 0. The van der Waals surface area contributed by atoms with Crippen LogP contribution in [-0.4, -0.2) is 28.8 Å². The molecule has 4 nitrogen and oxygen atoms in total. The Labute approximate surface area is 163 Å². The van der Waals surface area contributed by atoms with Crippen molar-refractivity contribution in [3.63, 3.8) is 0 Å². The van der Waals surface area contributed by atoms with E-state index in [-0.39, 0.29) is 11.2 Å². The summed E-state index contributed by atoms with van der Waals surface area (Å²) in [7, 11) is 2.02. The molecule has 0 radical (unpaired) electrons. The SMILES string of the molecule is CN1C(=CC(=O)CSc2nncc3ccccc23)C(C)(C)c2ccccc21. The van der Waals surface area contributed by atoms with Gasteiger partial charge >= 0.3 is 0 Å². The molecule has 0 spiro atoms. The molecule has 3 aromatic rings. The van der Waals surface area contributed by atoms with Gasteiger partial charge in [-0.15, -0.1) is 5.10 Å². The van der Waals surface area contributed by atoms with Gasteiger partial charge in [0.1, 0.15) is 5.03 Å². The van der Waals surface area contributed by atoms with Crippen molar-refractivity contribution in [3.05, 3.63) is 72.1 Å². The number of benzene rings is 2. The van der Waals surface area contributed by atoms with E-state index in [4.69, 9.17) is 0 Å². The number of carbonyl (C=O) groups excluding carboxylic acids is 1. The predicted molar refractivity (Wildman–Crippen MR) is 111 cm³/mol. The van der Waals surface area contributed by atoms with Gasteiger partial charge in [0.15, 0.2) is 5.78 Å². The summed E-state index contributed by atoms with van der Waals surface area (Å²) in [5.74, 6) is 0.421. The molecule has 0 saturated heterocycles.